The van der Waals surface area contributed by atoms with Crippen molar-refractivity contribution in [2.24, 2.45) is 0 Å². The molecule has 1 rings (SSSR count). The summed E-state index contributed by atoms with van der Waals surface area (Å²) in [7, 11) is -3.44. The quantitative estimate of drug-likeness (QED) is 0.672. The Kier molecular flexibility index (Phi) is 7.87. The molecule has 1 N–H and O–H groups in total. The van der Waals surface area contributed by atoms with E-state index >= 15 is 0 Å². The molecule has 120 valence electrons. The first-order valence-corrected chi connectivity index (χ1v) is 9.69. The van der Waals surface area contributed by atoms with Crippen molar-refractivity contribution >= 4 is 26.0 Å². The van der Waals surface area contributed by atoms with Crippen LogP contribution in [0.4, 0.5) is 0 Å². The fraction of sp³-hybridized carbons (Fsp3) is 0.600. The van der Waals surface area contributed by atoms with Gasteiger partial charge in [0.2, 0.25) is 10.0 Å². The molecule has 0 radical (unpaired) electrons. The monoisotopic (exact) mass is 376 g/mol. The number of sulfonamides is 1. The molecular formula is C15H25BrN2O2S. The summed E-state index contributed by atoms with van der Waals surface area (Å²) in [5.41, 5.74) is 0.984. The van der Waals surface area contributed by atoms with Crippen molar-refractivity contribution in [2.75, 3.05) is 19.6 Å². The molecule has 4 nitrogen and oxygen atoms in total. The summed E-state index contributed by atoms with van der Waals surface area (Å²) < 4.78 is 27.6. The van der Waals surface area contributed by atoms with Gasteiger partial charge in [-0.3, -0.25) is 0 Å². The Bertz CT molecular complexity index is 547. The van der Waals surface area contributed by atoms with Crippen LogP contribution in [-0.2, 0) is 16.6 Å². The van der Waals surface area contributed by atoms with Crippen molar-refractivity contribution < 1.29 is 8.42 Å². The van der Waals surface area contributed by atoms with Crippen molar-refractivity contribution in [1.29, 1.82) is 0 Å². The van der Waals surface area contributed by atoms with Gasteiger partial charge in [-0.15, -0.1) is 0 Å². The SMILES string of the molecule is CCCNCc1ccc(Br)c(S(=O)(=O)N(CC)CCC)c1. The van der Waals surface area contributed by atoms with Crippen LogP contribution in [0.1, 0.15) is 39.2 Å². The van der Waals surface area contributed by atoms with E-state index in [9.17, 15) is 8.42 Å². The molecule has 0 fully saturated rings. The smallest absolute Gasteiger partial charge is 0.244 e. The topological polar surface area (TPSA) is 49.4 Å². The van der Waals surface area contributed by atoms with Crippen LogP contribution in [0.5, 0.6) is 0 Å². The molecule has 0 spiro atoms. The van der Waals surface area contributed by atoms with E-state index in [1.54, 1.807) is 6.07 Å². The Hall–Kier alpha value is -0.430. The van der Waals surface area contributed by atoms with E-state index in [0.29, 0.717) is 29.0 Å². The maximum Gasteiger partial charge on any atom is 0.244 e. The van der Waals surface area contributed by atoms with Crippen LogP contribution >= 0.6 is 15.9 Å². The molecule has 0 heterocycles. The summed E-state index contributed by atoms with van der Waals surface area (Å²) in [4.78, 5) is 0.355. The molecular weight excluding hydrogens is 352 g/mol. The van der Waals surface area contributed by atoms with Crippen molar-refractivity contribution in [3.8, 4) is 0 Å². The van der Waals surface area contributed by atoms with Gasteiger partial charge in [-0.25, -0.2) is 8.42 Å². The first-order chi connectivity index (χ1) is 9.97. The predicted molar refractivity (Wildman–Crippen MR) is 90.9 cm³/mol. The molecule has 6 heteroatoms. The number of benzene rings is 1. The molecule has 0 aliphatic rings. The Labute approximate surface area is 137 Å². The summed E-state index contributed by atoms with van der Waals surface area (Å²) in [6.07, 6.45) is 1.87. The van der Waals surface area contributed by atoms with Crippen molar-refractivity contribution in [3.05, 3.63) is 28.2 Å². The minimum absolute atomic E-state index is 0.355. The number of halogens is 1. The van der Waals surface area contributed by atoms with Crippen LogP contribution in [-0.4, -0.2) is 32.4 Å². The van der Waals surface area contributed by atoms with Crippen molar-refractivity contribution in [2.45, 2.75) is 45.1 Å². The molecule has 0 amide bonds. The normalized spacial score (nSPS) is 12.0. The first kappa shape index (κ1) is 18.6. The lowest BCUT2D eigenvalue weighted by Gasteiger charge is -2.21. The van der Waals surface area contributed by atoms with Gasteiger partial charge in [0.25, 0.3) is 0 Å². The summed E-state index contributed by atoms with van der Waals surface area (Å²) in [5, 5.41) is 3.29. The van der Waals surface area contributed by atoms with E-state index in [2.05, 4.69) is 28.2 Å². The van der Waals surface area contributed by atoms with Gasteiger partial charge in [0, 0.05) is 24.1 Å². The van der Waals surface area contributed by atoms with E-state index in [0.717, 1.165) is 24.9 Å². The lowest BCUT2D eigenvalue weighted by Crippen LogP contribution is -2.32. The first-order valence-electron chi connectivity index (χ1n) is 7.46. The number of nitrogens with zero attached hydrogens (tertiary/aromatic N) is 1. The molecule has 0 aromatic heterocycles. The standard InChI is InChI=1S/C15H25BrN2O2S/c1-4-9-17-12-13-7-8-14(16)15(11-13)21(19,20)18(6-3)10-5-2/h7-8,11,17H,4-6,9-10,12H2,1-3H3. The second-order valence-electron chi connectivity index (χ2n) is 4.94. The van der Waals surface area contributed by atoms with Gasteiger partial charge in [-0.2, -0.15) is 4.31 Å². The lowest BCUT2D eigenvalue weighted by atomic mass is 10.2. The molecule has 0 atom stereocenters. The van der Waals surface area contributed by atoms with Gasteiger partial charge in [-0.1, -0.05) is 26.8 Å². The second kappa shape index (κ2) is 8.88. The summed E-state index contributed by atoms with van der Waals surface area (Å²) in [6.45, 7) is 8.60. The Morgan fingerprint density at radius 3 is 2.48 bits per heavy atom. The molecule has 0 aliphatic heterocycles. The van der Waals surface area contributed by atoms with E-state index in [1.807, 2.05) is 26.0 Å². The third kappa shape index (κ3) is 5.06. The second-order valence-corrected chi connectivity index (χ2v) is 7.70. The fourth-order valence-electron chi connectivity index (χ4n) is 2.10. The van der Waals surface area contributed by atoms with Crippen molar-refractivity contribution in [1.82, 2.24) is 9.62 Å². The van der Waals surface area contributed by atoms with E-state index < -0.39 is 10.0 Å². The summed E-state index contributed by atoms with van der Waals surface area (Å²) in [6, 6.07) is 5.53. The Morgan fingerprint density at radius 2 is 1.90 bits per heavy atom. The lowest BCUT2D eigenvalue weighted by molar-refractivity contribution is 0.426. The van der Waals surface area contributed by atoms with Gasteiger partial charge < -0.3 is 5.32 Å². The maximum atomic E-state index is 12.7. The van der Waals surface area contributed by atoms with Crippen LogP contribution in [0.15, 0.2) is 27.6 Å². The Balaban J connectivity index is 3.07. The van der Waals surface area contributed by atoms with Crippen LogP contribution in [0.25, 0.3) is 0 Å². The zero-order chi connectivity index (χ0) is 15.9. The Morgan fingerprint density at radius 1 is 1.19 bits per heavy atom. The minimum Gasteiger partial charge on any atom is -0.313 e. The molecule has 21 heavy (non-hydrogen) atoms. The van der Waals surface area contributed by atoms with Crippen LogP contribution < -0.4 is 5.32 Å². The third-order valence-electron chi connectivity index (χ3n) is 3.20. The summed E-state index contributed by atoms with van der Waals surface area (Å²) in [5.74, 6) is 0. The largest absolute Gasteiger partial charge is 0.313 e. The number of rotatable bonds is 9. The minimum atomic E-state index is -3.44. The molecule has 0 bridgehead atoms. The highest BCUT2D eigenvalue weighted by molar-refractivity contribution is 9.10. The van der Waals surface area contributed by atoms with Gasteiger partial charge >= 0.3 is 0 Å². The van der Waals surface area contributed by atoms with Crippen LogP contribution in [0, 0.1) is 0 Å². The maximum absolute atomic E-state index is 12.7. The average molecular weight is 377 g/mol. The third-order valence-corrected chi connectivity index (χ3v) is 6.16. The highest BCUT2D eigenvalue weighted by atomic mass is 79.9. The van der Waals surface area contributed by atoms with Gasteiger partial charge in [0.05, 0.1) is 4.90 Å². The zero-order valence-corrected chi connectivity index (χ0v) is 15.4. The number of hydrogen-bond donors (Lipinski definition) is 1. The van der Waals surface area contributed by atoms with Gasteiger partial charge in [-0.05, 0) is 53.0 Å². The molecule has 0 unspecified atom stereocenters. The van der Waals surface area contributed by atoms with Gasteiger partial charge in [0.1, 0.15) is 0 Å². The van der Waals surface area contributed by atoms with Gasteiger partial charge in [0.15, 0.2) is 0 Å². The predicted octanol–water partition coefficient (Wildman–Crippen LogP) is 3.37. The molecule has 0 aliphatic carbocycles. The van der Waals surface area contributed by atoms with Crippen LogP contribution in [0.2, 0.25) is 0 Å². The van der Waals surface area contributed by atoms with E-state index in [-0.39, 0.29) is 0 Å². The average Bonchev–Trinajstić information content (AvgIpc) is 2.46. The van der Waals surface area contributed by atoms with Crippen LogP contribution in [0.3, 0.4) is 0 Å². The summed E-state index contributed by atoms with van der Waals surface area (Å²) >= 11 is 3.37. The highest BCUT2D eigenvalue weighted by Crippen LogP contribution is 2.26. The van der Waals surface area contributed by atoms with E-state index in [4.69, 9.17) is 0 Å². The highest BCUT2D eigenvalue weighted by Gasteiger charge is 2.24. The number of nitrogens with one attached hydrogen (secondary N) is 1. The fourth-order valence-corrected chi connectivity index (χ4v) is 4.62. The van der Waals surface area contributed by atoms with Crippen molar-refractivity contribution in [3.63, 3.8) is 0 Å². The molecule has 0 saturated carbocycles. The number of hydrogen-bond acceptors (Lipinski definition) is 3. The molecule has 1 aromatic carbocycles. The van der Waals surface area contributed by atoms with E-state index in [1.165, 1.54) is 4.31 Å². The zero-order valence-electron chi connectivity index (χ0n) is 13.0. The molecule has 1 aromatic rings. The molecule has 0 saturated heterocycles.